The summed E-state index contributed by atoms with van der Waals surface area (Å²) in [5, 5.41) is 16.3. The summed E-state index contributed by atoms with van der Waals surface area (Å²) in [4.78, 5) is 34.4. The van der Waals surface area contributed by atoms with Crippen molar-refractivity contribution in [1.82, 2.24) is 10.6 Å². The molecule has 7 nitrogen and oxygen atoms in total. The van der Waals surface area contributed by atoms with Crippen molar-refractivity contribution < 1.29 is 14.5 Å². The van der Waals surface area contributed by atoms with E-state index in [-0.39, 0.29) is 36.5 Å². The zero-order valence-electron chi connectivity index (χ0n) is 14.8. The van der Waals surface area contributed by atoms with Crippen LogP contribution in [0.4, 0.5) is 5.69 Å². The lowest BCUT2D eigenvalue weighted by atomic mass is 9.88. The molecule has 0 fully saturated rings. The molecule has 0 spiro atoms. The molecule has 1 aliphatic rings. The summed E-state index contributed by atoms with van der Waals surface area (Å²) in [5.74, 6) is -0.471. The van der Waals surface area contributed by atoms with Crippen LogP contribution in [-0.2, 0) is 11.2 Å². The van der Waals surface area contributed by atoms with Crippen LogP contribution in [0.3, 0.4) is 0 Å². The van der Waals surface area contributed by atoms with Gasteiger partial charge in [-0.3, -0.25) is 19.7 Å². The Bertz CT molecular complexity index is 849. The Morgan fingerprint density at radius 1 is 1.11 bits per heavy atom. The fraction of sp³-hybridized carbons (Fsp3) is 0.300. The highest BCUT2D eigenvalue weighted by Gasteiger charge is 2.21. The standard InChI is InChI=1S/C20H21N3O4/c24-19(22-18-7-3-5-14-4-1-2-6-17(14)18)12-13-21-20(25)15-8-10-16(11-9-15)23(26)27/h1-2,4,6,8-11,18H,3,5,7,12-13H2,(H,21,25)(H,22,24). The highest BCUT2D eigenvalue weighted by molar-refractivity contribution is 5.94. The molecule has 0 bridgehead atoms. The lowest BCUT2D eigenvalue weighted by molar-refractivity contribution is -0.384. The average molecular weight is 367 g/mol. The van der Waals surface area contributed by atoms with Gasteiger partial charge in [0.15, 0.2) is 0 Å². The van der Waals surface area contributed by atoms with Crippen molar-refractivity contribution in [2.75, 3.05) is 6.54 Å². The van der Waals surface area contributed by atoms with Gasteiger partial charge in [-0.15, -0.1) is 0 Å². The Balaban J connectivity index is 1.47. The number of nitrogens with zero attached hydrogens (tertiary/aromatic N) is 1. The molecule has 7 heteroatoms. The third kappa shape index (κ3) is 4.69. The van der Waals surface area contributed by atoms with Crippen LogP contribution >= 0.6 is 0 Å². The van der Waals surface area contributed by atoms with Crippen LogP contribution in [0.5, 0.6) is 0 Å². The summed E-state index contributed by atoms with van der Waals surface area (Å²) in [6.45, 7) is 0.204. The minimum atomic E-state index is -0.518. The smallest absolute Gasteiger partial charge is 0.269 e. The third-order valence-corrected chi connectivity index (χ3v) is 4.68. The van der Waals surface area contributed by atoms with Gasteiger partial charge in [-0.2, -0.15) is 0 Å². The minimum absolute atomic E-state index is 0.0211. The van der Waals surface area contributed by atoms with Crippen molar-refractivity contribution in [2.24, 2.45) is 0 Å². The second kappa shape index (κ2) is 8.44. The number of non-ortho nitro benzene ring substituents is 1. The summed E-state index contributed by atoms with van der Waals surface area (Å²) >= 11 is 0. The quantitative estimate of drug-likeness (QED) is 0.605. The number of aryl methyl sites for hydroxylation is 1. The molecule has 2 N–H and O–H groups in total. The summed E-state index contributed by atoms with van der Waals surface area (Å²) in [7, 11) is 0. The van der Waals surface area contributed by atoms with E-state index in [0.29, 0.717) is 5.56 Å². The van der Waals surface area contributed by atoms with Gasteiger partial charge in [0.25, 0.3) is 11.6 Å². The molecular formula is C20H21N3O4. The molecule has 2 aromatic carbocycles. The lowest BCUT2D eigenvalue weighted by Crippen LogP contribution is -2.34. The van der Waals surface area contributed by atoms with Gasteiger partial charge in [0.05, 0.1) is 11.0 Å². The Morgan fingerprint density at radius 3 is 2.59 bits per heavy atom. The van der Waals surface area contributed by atoms with Crippen LogP contribution in [0.2, 0.25) is 0 Å². The molecule has 1 atom stereocenters. The largest absolute Gasteiger partial charge is 0.352 e. The third-order valence-electron chi connectivity index (χ3n) is 4.68. The van der Waals surface area contributed by atoms with Crippen LogP contribution in [0.25, 0.3) is 0 Å². The van der Waals surface area contributed by atoms with Crippen molar-refractivity contribution in [3.05, 3.63) is 75.3 Å². The first-order chi connectivity index (χ1) is 13.0. The van der Waals surface area contributed by atoms with Gasteiger partial charge in [-0.05, 0) is 42.5 Å². The van der Waals surface area contributed by atoms with E-state index in [9.17, 15) is 19.7 Å². The number of amides is 2. The maximum atomic E-state index is 12.2. The van der Waals surface area contributed by atoms with E-state index in [2.05, 4.69) is 22.8 Å². The fourth-order valence-corrected chi connectivity index (χ4v) is 3.30. The maximum absolute atomic E-state index is 12.2. The fourth-order valence-electron chi connectivity index (χ4n) is 3.30. The number of hydrogen-bond acceptors (Lipinski definition) is 4. The van der Waals surface area contributed by atoms with Crippen LogP contribution in [0.15, 0.2) is 48.5 Å². The number of rotatable bonds is 6. The van der Waals surface area contributed by atoms with Gasteiger partial charge in [0, 0.05) is 30.7 Å². The Labute approximate surface area is 156 Å². The van der Waals surface area contributed by atoms with Crippen molar-refractivity contribution >= 4 is 17.5 Å². The molecule has 1 unspecified atom stereocenters. The lowest BCUT2D eigenvalue weighted by Gasteiger charge is -2.26. The number of nitro benzene ring substituents is 1. The van der Waals surface area contributed by atoms with E-state index in [1.807, 2.05) is 12.1 Å². The number of nitrogens with one attached hydrogen (secondary N) is 2. The Hall–Kier alpha value is -3.22. The summed E-state index contributed by atoms with van der Waals surface area (Å²) in [6.07, 6.45) is 3.17. The highest BCUT2D eigenvalue weighted by atomic mass is 16.6. The van der Waals surface area contributed by atoms with Gasteiger partial charge >= 0.3 is 0 Å². The van der Waals surface area contributed by atoms with Gasteiger partial charge in [-0.25, -0.2) is 0 Å². The van der Waals surface area contributed by atoms with E-state index < -0.39 is 4.92 Å². The summed E-state index contributed by atoms with van der Waals surface area (Å²) in [6, 6.07) is 13.5. The Morgan fingerprint density at radius 2 is 1.85 bits per heavy atom. The van der Waals surface area contributed by atoms with Crippen molar-refractivity contribution in [3.63, 3.8) is 0 Å². The normalized spacial score (nSPS) is 15.5. The molecule has 3 rings (SSSR count). The number of carbonyl (C=O) groups is 2. The van der Waals surface area contributed by atoms with E-state index in [1.54, 1.807) is 0 Å². The van der Waals surface area contributed by atoms with Gasteiger partial charge < -0.3 is 10.6 Å². The number of carbonyl (C=O) groups excluding carboxylic acids is 2. The van der Waals surface area contributed by atoms with Crippen molar-refractivity contribution in [2.45, 2.75) is 31.7 Å². The van der Waals surface area contributed by atoms with Crippen molar-refractivity contribution in [1.29, 1.82) is 0 Å². The molecule has 0 saturated carbocycles. The SMILES string of the molecule is O=C(CCNC(=O)c1ccc([N+](=O)[O-])cc1)NC1CCCc2ccccc21. The van der Waals surface area contributed by atoms with E-state index in [1.165, 1.54) is 35.4 Å². The van der Waals surface area contributed by atoms with Gasteiger partial charge in [0.1, 0.15) is 0 Å². The molecular weight excluding hydrogens is 346 g/mol. The molecule has 2 aromatic rings. The molecule has 0 aliphatic heterocycles. The first-order valence-electron chi connectivity index (χ1n) is 8.94. The van der Waals surface area contributed by atoms with Crippen LogP contribution < -0.4 is 10.6 Å². The maximum Gasteiger partial charge on any atom is 0.269 e. The zero-order valence-corrected chi connectivity index (χ0v) is 14.8. The molecule has 0 aromatic heterocycles. The van der Waals surface area contributed by atoms with Crippen LogP contribution in [0, 0.1) is 10.1 Å². The molecule has 1 aliphatic carbocycles. The summed E-state index contributed by atoms with van der Waals surface area (Å²) < 4.78 is 0. The topological polar surface area (TPSA) is 101 Å². The molecule has 140 valence electrons. The minimum Gasteiger partial charge on any atom is -0.352 e. The number of hydrogen-bond donors (Lipinski definition) is 2. The first kappa shape index (κ1) is 18.6. The van der Waals surface area contributed by atoms with E-state index >= 15 is 0 Å². The number of nitro groups is 1. The predicted octanol–water partition coefficient (Wildman–Crippen LogP) is 2.91. The van der Waals surface area contributed by atoms with Gasteiger partial charge in [-0.1, -0.05) is 24.3 Å². The van der Waals surface area contributed by atoms with Gasteiger partial charge in [0.2, 0.25) is 5.91 Å². The van der Waals surface area contributed by atoms with Crippen LogP contribution in [-0.4, -0.2) is 23.3 Å². The molecule has 0 saturated heterocycles. The Kier molecular flexibility index (Phi) is 5.80. The molecule has 0 radical (unpaired) electrons. The first-order valence-corrected chi connectivity index (χ1v) is 8.94. The monoisotopic (exact) mass is 367 g/mol. The van der Waals surface area contributed by atoms with E-state index in [0.717, 1.165) is 19.3 Å². The van der Waals surface area contributed by atoms with Crippen LogP contribution in [0.1, 0.15) is 46.8 Å². The number of benzene rings is 2. The van der Waals surface area contributed by atoms with E-state index in [4.69, 9.17) is 0 Å². The molecule has 0 heterocycles. The average Bonchev–Trinajstić information content (AvgIpc) is 2.68. The second-order valence-electron chi connectivity index (χ2n) is 6.52. The second-order valence-corrected chi connectivity index (χ2v) is 6.52. The van der Waals surface area contributed by atoms with Crippen molar-refractivity contribution in [3.8, 4) is 0 Å². The zero-order chi connectivity index (χ0) is 19.2. The predicted molar refractivity (Wildman–Crippen MR) is 100 cm³/mol. The number of fused-ring (bicyclic) bond motifs is 1. The summed E-state index contributed by atoms with van der Waals surface area (Å²) in [5.41, 5.74) is 2.70. The molecule has 2 amide bonds. The highest BCUT2D eigenvalue weighted by Crippen LogP contribution is 2.29. The molecule has 27 heavy (non-hydrogen) atoms.